The zero-order valence-electron chi connectivity index (χ0n) is 13.9. The van der Waals surface area contributed by atoms with Crippen LogP contribution in [0.15, 0.2) is 30.5 Å². The third-order valence-electron chi connectivity index (χ3n) is 3.88. The van der Waals surface area contributed by atoms with Crippen LogP contribution in [0.3, 0.4) is 0 Å². The van der Waals surface area contributed by atoms with E-state index in [1.54, 1.807) is 0 Å². The third kappa shape index (κ3) is 4.21. The molecule has 0 aliphatic carbocycles. The zero-order chi connectivity index (χ0) is 15.5. The van der Waals surface area contributed by atoms with Crippen LogP contribution in [0.4, 0.5) is 0 Å². The van der Waals surface area contributed by atoms with E-state index in [2.05, 4.69) is 37.6 Å². The molecule has 0 radical (unpaired) electrons. The first-order chi connectivity index (χ1) is 10.6. The van der Waals surface area contributed by atoms with Crippen molar-refractivity contribution < 1.29 is 14.2 Å². The van der Waals surface area contributed by atoms with Crippen molar-refractivity contribution in [1.29, 1.82) is 0 Å². The lowest BCUT2D eigenvalue weighted by Gasteiger charge is -2.10. The maximum absolute atomic E-state index is 5.85. The summed E-state index contributed by atoms with van der Waals surface area (Å²) in [5.74, 6) is 2.26. The largest absolute Gasteiger partial charge is 0.454 e. The highest BCUT2D eigenvalue weighted by Crippen LogP contribution is 2.32. The lowest BCUT2D eigenvalue weighted by atomic mass is 10.2. The number of hydrogen-bond acceptors (Lipinski definition) is 3. The van der Waals surface area contributed by atoms with E-state index in [1.807, 2.05) is 18.2 Å². The van der Waals surface area contributed by atoms with E-state index in [-0.39, 0.29) is 12.4 Å². The highest BCUT2D eigenvalue weighted by atomic mass is 35.5. The molecular weight excluding hydrogens is 314 g/mol. The molecule has 2 heterocycles. The molecule has 0 N–H and O–H groups in total. The molecule has 1 aliphatic rings. The lowest BCUT2D eigenvalue weighted by Crippen LogP contribution is -2.05. The first-order valence-electron chi connectivity index (χ1n) is 7.74. The van der Waals surface area contributed by atoms with Crippen LogP contribution in [0, 0.1) is 12.8 Å². The van der Waals surface area contributed by atoms with E-state index in [9.17, 15) is 0 Å². The van der Waals surface area contributed by atoms with Gasteiger partial charge in [-0.25, -0.2) is 0 Å². The molecule has 1 aliphatic heterocycles. The van der Waals surface area contributed by atoms with Crippen molar-refractivity contribution >= 4 is 12.4 Å². The molecule has 5 heteroatoms. The van der Waals surface area contributed by atoms with E-state index >= 15 is 0 Å². The van der Waals surface area contributed by atoms with Crippen LogP contribution in [-0.4, -0.2) is 11.4 Å². The fourth-order valence-electron chi connectivity index (χ4n) is 2.65. The molecule has 3 rings (SSSR count). The third-order valence-corrected chi connectivity index (χ3v) is 3.88. The molecule has 0 amide bonds. The van der Waals surface area contributed by atoms with Gasteiger partial charge in [-0.05, 0) is 42.2 Å². The predicted molar refractivity (Wildman–Crippen MR) is 92.3 cm³/mol. The molecule has 0 saturated carbocycles. The van der Waals surface area contributed by atoms with Gasteiger partial charge in [0, 0.05) is 18.4 Å². The summed E-state index contributed by atoms with van der Waals surface area (Å²) < 4.78 is 18.8. The van der Waals surface area contributed by atoms with Crippen molar-refractivity contribution in [2.24, 2.45) is 5.92 Å². The standard InChI is InChI=1S/C18H23NO3.ClH/c1-13(2)9-19-7-6-16(14(19)3)11-20-10-15-4-5-17-18(8-15)22-12-21-17;/h4-8,13H,9-12H2,1-3H3;1H. The van der Waals surface area contributed by atoms with Gasteiger partial charge in [0.05, 0.1) is 13.2 Å². The monoisotopic (exact) mass is 337 g/mol. The average molecular weight is 338 g/mol. The summed E-state index contributed by atoms with van der Waals surface area (Å²) in [6.07, 6.45) is 2.15. The van der Waals surface area contributed by atoms with E-state index in [4.69, 9.17) is 14.2 Å². The zero-order valence-corrected chi connectivity index (χ0v) is 14.7. The van der Waals surface area contributed by atoms with Gasteiger partial charge in [-0.15, -0.1) is 12.4 Å². The van der Waals surface area contributed by atoms with Gasteiger partial charge in [0.2, 0.25) is 6.79 Å². The van der Waals surface area contributed by atoms with Gasteiger partial charge in [0.15, 0.2) is 11.5 Å². The minimum Gasteiger partial charge on any atom is -0.454 e. The summed E-state index contributed by atoms with van der Waals surface area (Å²) in [6.45, 7) is 9.18. The fraction of sp³-hybridized carbons (Fsp3) is 0.444. The number of aromatic nitrogens is 1. The predicted octanol–water partition coefficient (Wildman–Crippen LogP) is 4.32. The Kier molecular flexibility index (Phi) is 5.97. The molecule has 4 nitrogen and oxygen atoms in total. The lowest BCUT2D eigenvalue weighted by molar-refractivity contribution is 0.106. The summed E-state index contributed by atoms with van der Waals surface area (Å²) in [7, 11) is 0. The van der Waals surface area contributed by atoms with Crippen LogP contribution in [-0.2, 0) is 24.5 Å². The maximum Gasteiger partial charge on any atom is 0.231 e. The Hall–Kier alpha value is -1.65. The molecule has 0 saturated heterocycles. The molecule has 0 spiro atoms. The summed E-state index contributed by atoms with van der Waals surface area (Å²) in [4.78, 5) is 0. The minimum atomic E-state index is 0. The molecule has 126 valence electrons. The number of hydrogen-bond donors (Lipinski definition) is 0. The van der Waals surface area contributed by atoms with Gasteiger partial charge in [-0.2, -0.15) is 0 Å². The van der Waals surface area contributed by atoms with Gasteiger partial charge in [-0.3, -0.25) is 0 Å². The van der Waals surface area contributed by atoms with E-state index in [1.165, 1.54) is 11.3 Å². The van der Waals surface area contributed by atoms with E-state index in [0.717, 1.165) is 23.6 Å². The summed E-state index contributed by atoms with van der Waals surface area (Å²) in [5.41, 5.74) is 3.64. The van der Waals surface area contributed by atoms with Crippen LogP contribution in [0.1, 0.15) is 30.7 Å². The normalized spacial score (nSPS) is 12.5. The van der Waals surface area contributed by atoms with Crippen molar-refractivity contribution in [2.45, 2.75) is 40.5 Å². The Morgan fingerprint density at radius 1 is 1.13 bits per heavy atom. The maximum atomic E-state index is 5.85. The van der Waals surface area contributed by atoms with E-state index < -0.39 is 0 Å². The number of halogens is 1. The van der Waals surface area contributed by atoms with Crippen LogP contribution in [0.25, 0.3) is 0 Å². The summed E-state index contributed by atoms with van der Waals surface area (Å²) in [5, 5.41) is 0. The van der Waals surface area contributed by atoms with Crippen LogP contribution < -0.4 is 9.47 Å². The van der Waals surface area contributed by atoms with Crippen LogP contribution >= 0.6 is 12.4 Å². The molecule has 23 heavy (non-hydrogen) atoms. The van der Waals surface area contributed by atoms with Crippen LogP contribution in [0.5, 0.6) is 11.5 Å². The second-order valence-corrected chi connectivity index (χ2v) is 6.15. The van der Waals surface area contributed by atoms with Gasteiger partial charge in [0.25, 0.3) is 0 Å². The second kappa shape index (κ2) is 7.75. The molecule has 0 unspecified atom stereocenters. The molecule has 0 fully saturated rings. The summed E-state index contributed by atoms with van der Waals surface area (Å²) >= 11 is 0. The average Bonchev–Trinajstić information content (AvgIpc) is 3.07. The first kappa shape index (κ1) is 17.7. The van der Waals surface area contributed by atoms with Crippen molar-refractivity contribution in [3.8, 4) is 11.5 Å². The quantitative estimate of drug-likeness (QED) is 0.787. The number of rotatable bonds is 6. The molecule has 1 aromatic heterocycles. The molecule has 0 atom stereocenters. The van der Waals surface area contributed by atoms with Crippen molar-refractivity contribution in [3.63, 3.8) is 0 Å². The topological polar surface area (TPSA) is 32.6 Å². The highest BCUT2D eigenvalue weighted by Gasteiger charge is 2.13. The van der Waals surface area contributed by atoms with Crippen molar-refractivity contribution in [3.05, 3.63) is 47.3 Å². The molecule has 2 aromatic rings. The van der Waals surface area contributed by atoms with E-state index in [0.29, 0.717) is 25.9 Å². The van der Waals surface area contributed by atoms with Crippen LogP contribution in [0.2, 0.25) is 0 Å². The van der Waals surface area contributed by atoms with Gasteiger partial charge < -0.3 is 18.8 Å². The number of fused-ring (bicyclic) bond motifs is 1. The molecule has 1 aromatic carbocycles. The first-order valence-corrected chi connectivity index (χ1v) is 7.74. The second-order valence-electron chi connectivity index (χ2n) is 6.15. The van der Waals surface area contributed by atoms with Crippen molar-refractivity contribution in [1.82, 2.24) is 4.57 Å². The number of benzene rings is 1. The highest BCUT2D eigenvalue weighted by molar-refractivity contribution is 5.85. The fourth-order valence-corrected chi connectivity index (χ4v) is 2.65. The van der Waals surface area contributed by atoms with Gasteiger partial charge >= 0.3 is 0 Å². The molecular formula is C18H24ClNO3. The van der Waals surface area contributed by atoms with Gasteiger partial charge in [0.1, 0.15) is 0 Å². The van der Waals surface area contributed by atoms with Crippen molar-refractivity contribution in [2.75, 3.05) is 6.79 Å². The minimum absolute atomic E-state index is 0. The number of ether oxygens (including phenoxy) is 3. The Morgan fingerprint density at radius 3 is 2.70 bits per heavy atom. The SMILES string of the molecule is Cc1c(COCc2ccc3c(c2)OCO3)ccn1CC(C)C.Cl. The Bertz CT molecular complexity index is 652. The smallest absolute Gasteiger partial charge is 0.231 e. The molecule has 0 bridgehead atoms. The van der Waals surface area contributed by atoms with Gasteiger partial charge in [-0.1, -0.05) is 19.9 Å². The Morgan fingerprint density at radius 2 is 1.91 bits per heavy atom. The Balaban J connectivity index is 0.00000192. The number of nitrogens with zero attached hydrogens (tertiary/aromatic N) is 1. The Labute approximate surface area is 143 Å². The summed E-state index contributed by atoms with van der Waals surface area (Å²) in [6, 6.07) is 8.09.